The van der Waals surface area contributed by atoms with E-state index in [0.717, 1.165) is 33.3 Å². The van der Waals surface area contributed by atoms with Crippen LogP contribution in [0.4, 0.5) is 11.4 Å². The number of hydrogen-bond acceptors (Lipinski definition) is 3. The fourth-order valence-corrected chi connectivity index (χ4v) is 6.43. The molecule has 0 amide bonds. The summed E-state index contributed by atoms with van der Waals surface area (Å²) in [5.74, 6) is 0. The third kappa shape index (κ3) is 3.70. The maximum absolute atomic E-state index is 6.31. The van der Waals surface area contributed by atoms with Gasteiger partial charge in [-0.05, 0) is 64.6 Å². The highest BCUT2D eigenvalue weighted by molar-refractivity contribution is 7.26. The average molecular weight is 498 g/mol. The molecular weight excluding hydrogens is 470 g/mol. The SMILES string of the molecule is CC(C)(C)c1ccc2c(c1)oc1cccc(Nc3ccc4sc5cccc(-c6ccccc6)c5c4c3)c12. The second-order valence-corrected chi connectivity index (χ2v) is 11.8. The minimum atomic E-state index is 0.0750. The summed E-state index contributed by atoms with van der Waals surface area (Å²) in [6.45, 7) is 6.70. The molecule has 0 saturated heterocycles. The van der Waals surface area contributed by atoms with Gasteiger partial charge >= 0.3 is 0 Å². The van der Waals surface area contributed by atoms with Crippen molar-refractivity contribution in [3.05, 3.63) is 109 Å². The van der Waals surface area contributed by atoms with E-state index < -0.39 is 0 Å². The fourth-order valence-electron chi connectivity index (χ4n) is 5.31. The van der Waals surface area contributed by atoms with Crippen molar-refractivity contribution in [3.63, 3.8) is 0 Å². The zero-order valence-corrected chi connectivity index (χ0v) is 21.9. The highest BCUT2D eigenvalue weighted by Gasteiger charge is 2.18. The van der Waals surface area contributed by atoms with Crippen molar-refractivity contribution >= 4 is 64.8 Å². The van der Waals surface area contributed by atoms with Crippen molar-refractivity contribution in [1.82, 2.24) is 0 Å². The summed E-state index contributed by atoms with van der Waals surface area (Å²) in [7, 11) is 0. The number of benzene rings is 5. The summed E-state index contributed by atoms with van der Waals surface area (Å²) in [5, 5.41) is 8.58. The van der Waals surface area contributed by atoms with E-state index in [2.05, 4.69) is 129 Å². The van der Waals surface area contributed by atoms with Gasteiger partial charge in [0.1, 0.15) is 11.2 Å². The predicted octanol–water partition coefficient (Wildman–Crippen LogP) is 10.7. The van der Waals surface area contributed by atoms with Gasteiger partial charge in [0.15, 0.2) is 0 Å². The Bertz CT molecular complexity index is 1940. The van der Waals surface area contributed by atoms with Crippen LogP contribution in [0.2, 0.25) is 0 Å². The van der Waals surface area contributed by atoms with Gasteiger partial charge in [-0.25, -0.2) is 0 Å². The summed E-state index contributed by atoms with van der Waals surface area (Å²) in [6.07, 6.45) is 0. The van der Waals surface area contributed by atoms with Crippen LogP contribution in [0.25, 0.3) is 53.2 Å². The molecule has 3 heteroatoms. The Morgan fingerprint density at radius 3 is 2.32 bits per heavy atom. The van der Waals surface area contributed by atoms with Crippen LogP contribution in [0, 0.1) is 0 Å². The number of fused-ring (bicyclic) bond motifs is 6. The molecule has 0 radical (unpaired) electrons. The van der Waals surface area contributed by atoms with E-state index in [0.29, 0.717) is 0 Å². The van der Waals surface area contributed by atoms with Crippen molar-refractivity contribution in [3.8, 4) is 11.1 Å². The minimum Gasteiger partial charge on any atom is -0.456 e. The lowest BCUT2D eigenvalue weighted by molar-refractivity contribution is 0.587. The lowest BCUT2D eigenvalue weighted by atomic mass is 9.86. The van der Waals surface area contributed by atoms with Gasteiger partial charge in [0, 0.05) is 31.2 Å². The van der Waals surface area contributed by atoms with Gasteiger partial charge in [0.2, 0.25) is 0 Å². The third-order valence-electron chi connectivity index (χ3n) is 7.22. The molecule has 180 valence electrons. The van der Waals surface area contributed by atoms with Crippen LogP contribution in [-0.2, 0) is 5.41 Å². The Hall–Kier alpha value is -4.08. The molecule has 1 N–H and O–H groups in total. The van der Waals surface area contributed by atoms with Crippen LogP contribution in [0.5, 0.6) is 0 Å². The van der Waals surface area contributed by atoms with Crippen LogP contribution in [-0.4, -0.2) is 0 Å². The molecule has 0 bridgehead atoms. The number of hydrogen-bond donors (Lipinski definition) is 1. The number of thiophene rings is 1. The summed E-state index contributed by atoms with van der Waals surface area (Å²) in [5.41, 5.74) is 7.84. The van der Waals surface area contributed by atoms with E-state index in [1.807, 2.05) is 11.3 Å². The number of furan rings is 1. The Morgan fingerprint density at radius 1 is 0.649 bits per heavy atom. The largest absolute Gasteiger partial charge is 0.456 e. The van der Waals surface area contributed by atoms with Gasteiger partial charge in [0.05, 0.1) is 11.1 Å². The molecule has 0 fully saturated rings. The Kier molecular flexibility index (Phi) is 4.92. The van der Waals surface area contributed by atoms with Gasteiger partial charge in [0.25, 0.3) is 0 Å². The molecular formula is C34H27NOS. The first kappa shape index (κ1) is 22.1. The van der Waals surface area contributed by atoms with Gasteiger partial charge in [-0.3, -0.25) is 0 Å². The molecule has 2 aromatic heterocycles. The van der Waals surface area contributed by atoms with E-state index in [4.69, 9.17) is 4.42 Å². The van der Waals surface area contributed by atoms with Gasteiger partial charge in [-0.15, -0.1) is 11.3 Å². The Labute approximate surface area is 220 Å². The lowest BCUT2D eigenvalue weighted by Crippen LogP contribution is -2.10. The second-order valence-electron chi connectivity index (χ2n) is 10.7. The van der Waals surface area contributed by atoms with Crippen molar-refractivity contribution in [1.29, 1.82) is 0 Å². The summed E-state index contributed by atoms with van der Waals surface area (Å²) in [6, 6.07) is 36.9. The van der Waals surface area contributed by atoms with Crippen LogP contribution in [0.15, 0.2) is 108 Å². The molecule has 5 aromatic carbocycles. The fraction of sp³-hybridized carbons (Fsp3) is 0.118. The van der Waals surface area contributed by atoms with E-state index in [9.17, 15) is 0 Å². The summed E-state index contributed by atoms with van der Waals surface area (Å²) >= 11 is 1.85. The van der Waals surface area contributed by atoms with Crippen LogP contribution in [0.3, 0.4) is 0 Å². The lowest BCUT2D eigenvalue weighted by Gasteiger charge is -2.18. The number of nitrogens with one attached hydrogen (secondary N) is 1. The Balaban J connectivity index is 1.37. The van der Waals surface area contributed by atoms with Crippen molar-refractivity contribution in [2.45, 2.75) is 26.2 Å². The highest BCUT2D eigenvalue weighted by Crippen LogP contribution is 2.42. The normalized spacial score (nSPS) is 12.2. The number of rotatable bonds is 3. The molecule has 0 aliphatic carbocycles. The standard InChI is InChI=1S/C34H27NOS/c1-34(2,3)22-15-17-25-29(19-22)36-28-13-8-12-27(33(25)28)35-23-16-18-30-26(20-23)32-24(11-7-14-31(32)37-30)21-9-5-4-6-10-21/h4-20,35H,1-3H3. The van der Waals surface area contributed by atoms with Crippen molar-refractivity contribution < 1.29 is 4.42 Å². The molecule has 7 aromatic rings. The van der Waals surface area contributed by atoms with Gasteiger partial charge in [-0.1, -0.05) is 81.4 Å². The van der Waals surface area contributed by atoms with E-state index in [1.165, 1.54) is 36.9 Å². The van der Waals surface area contributed by atoms with Crippen molar-refractivity contribution in [2.75, 3.05) is 5.32 Å². The molecule has 7 rings (SSSR count). The van der Waals surface area contributed by atoms with E-state index in [-0.39, 0.29) is 5.41 Å². The van der Waals surface area contributed by atoms with Gasteiger partial charge in [-0.2, -0.15) is 0 Å². The highest BCUT2D eigenvalue weighted by atomic mass is 32.1. The van der Waals surface area contributed by atoms with E-state index >= 15 is 0 Å². The quantitative estimate of drug-likeness (QED) is 0.263. The van der Waals surface area contributed by atoms with Crippen molar-refractivity contribution in [2.24, 2.45) is 0 Å². The van der Waals surface area contributed by atoms with Crippen LogP contribution in [0.1, 0.15) is 26.3 Å². The molecule has 0 saturated carbocycles. The molecule has 0 spiro atoms. The van der Waals surface area contributed by atoms with E-state index in [1.54, 1.807) is 0 Å². The molecule has 2 heterocycles. The average Bonchev–Trinajstić information content (AvgIpc) is 3.47. The minimum absolute atomic E-state index is 0.0750. The smallest absolute Gasteiger partial charge is 0.137 e. The Morgan fingerprint density at radius 2 is 1.49 bits per heavy atom. The topological polar surface area (TPSA) is 25.2 Å². The number of anilines is 2. The third-order valence-corrected chi connectivity index (χ3v) is 8.36. The first-order valence-corrected chi connectivity index (χ1v) is 13.5. The van der Waals surface area contributed by atoms with Crippen LogP contribution >= 0.6 is 11.3 Å². The second kappa shape index (κ2) is 8.22. The molecule has 0 aliphatic heterocycles. The molecule has 0 aliphatic rings. The maximum atomic E-state index is 6.31. The maximum Gasteiger partial charge on any atom is 0.137 e. The summed E-state index contributed by atoms with van der Waals surface area (Å²) in [4.78, 5) is 0. The summed E-state index contributed by atoms with van der Waals surface area (Å²) < 4.78 is 8.92. The first-order chi connectivity index (χ1) is 18.0. The zero-order valence-electron chi connectivity index (χ0n) is 21.1. The monoisotopic (exact) mass is 497 g/mol. The predicted molar refractivity (Wildman–Crippen MR) is 160 cm³/mol. The zero-order chi connectivity index (χ0) is 25.1. The molecule has 0 atom stereocenters. The first-order valence-electron chi connectivity index (χ1n) is 12.7. The molecule has 2 nitrogen and oxygen atoms in total. The molecule has 0 unspecified atom stereocenters. The molecule has 37 heavy (non-hydrogen) atoms. The van der Waals surface area contributed by atoms with Gasteiger partial charge < -0.3 is 9.73 Å². The van der Waals surface area contributed by atoms with Crippen LogP contribution < -0.4 is 5.32 Å².